The van der Waals surface area contributed by atoms with Crippen LogP contribution < -0.4 is 10.6 Å². The molecule has 0 bridgehead atoms. The van der Waals surface area contributed by atoms with E-state index in [0.29, 0.717) is 11.6 Å². The molecular formula is C17H21N3O3S. The van der Waals surface area contributed by atoms with E-state index in [1.165, 1.54) is 16.9 Å². The molecule has 0 fully saturated rings. The molecule has 0 saturated carbocycles. The standard InChI is InChI=1S/C17H21N3O3S/c1-17(2,9-8-14(21)22)20-15(23)19-16-18-11-13(24-16)10-12-6-4-3-5-7-12/h3-7,11H,8-10H2,1-2H3,(H,21,22)(H2,18,19,20,23). The van der Waals surface area contributed by atoms with Crippen LogP contribution in [0.3, 0.4) is 0 Å². The van der Waals surface area contributed by atoms with Crippen molar-refractivity contribution in [3.8, 4) is 0 Å². The van der Waals surface area contributed by atoms with Crippen LogP contribution in [0.15, 0.2) is 36.5 Å². The lowest BCUT2D eigenvalue weighted by Gasteiger charge is -2.25. The second kappa shape index (κ2) is 7.92. The van der Waals surface area contributed by atoms with Gasteiger partial charge in [0.25, 0.3) is 0 Å². The van der Waals surface area contributed by atoms with Gasteiger partial charge in [-0.15, -0.1) is 11.3 Å². The maximum Gasteiger partial charge on any atom is 0.321 e. The fourth-order valence-corrected chi connectivity index (χ4v) is 3.00. The summed E-state index contributed by atoms with van der Waals surface area (Å²) in [6, 6.07) is 9.66. The van der Waals surface area contributed by atoms with E-state index in [0.717, 1.165) is 11.3 Å². The number of hydrogen-bond donors (Lipinski definition) is 3. The lowest BCUT2D eigenvalue weighted by atomic mass is 9.99. The molecule has 24 heavy (non-hydrogen) atoms. The fourth-order valence-electron chi connectivity index (χ4n) is 2.16. The average Bonchev–Trinajstić information content (AvgIpc) is 2.92. The fraction of sp³-hybridized carbons (Fsp3) is 0.353. The number of carboxylic acid groups (broad SMARTS) is 1. The van der Waals surface area contributed by atoms with Gasteiger partial charge in [-0.25, -0.2) is 9.78 Å². The molecule has 3 N–H and O–H groups in total. The molecule has 0 aliphatic rings. The van der Waals surface area contributed by atoms with Crippen molar-refractivity contribution in [2.75, 3.05) is 5.32 Å². The van der Waals surface area contributed by atoms with E-state index in [2.05, 4.69) is 15.6 Å². The molecule has 0 saturated heterocycles. The number of rotatable bonds is 7. The maximum absolute atomic E-state index is 12.0. The van der Waals surface area contributed by atoms with E-state index >= 15 is 0 Å². The van der Waals surface area contributed by atoms with Crippen molar-refractivity contribution in [1.82, 2.24) is 10.3 Å². The predicted octanol–water partition coefficient (Wildman–Crippen LogP) is 3.50. The van der Waals surface area contributed by atoms with Crippen LogP contribution in [0.1, 0.15) is 37.1 Å². The Bertz CT molecular complexity index is 698. The van der Waals surface area contributed by atoms with Gasteiger partial charge in [-0.3, -0.25) is 10.1 Å². The highest BCUT2D eigenvalue weighted by atomic mass is 32.1. The maximum atomic E-state index is 12.0. The summed E-state index contributed by atoms with van der Waals surface area (Å²) in [5, 5.41) is 14.7. The van der Waals surface area contributed by atoms with E-state index < -0.39 is 11.5 Å². The lowest BCUT2D eigenvalue weighted by molar-refractivity contribution is -0.137. The molecule has 2 rings (SSSR count). The number of aromatic nitrogens is 1. The van der Waals surface area contributed by atoms with Gasteiger partial charge >= 0.3 is 12.0 Å². The zero-order chi connectivity index (χ0) is 17.6. The van der Waals surface area contributed by atoms with E-state index in [1.54, 1.807) is 20.0 Å². The first-order valence-electron chi connectivity index (χ1n) is 7.64. The summed E-state index contributed by atoms with van der Waals surface area (Å²) in [7, 11) is 0. The molecule has 6 nitrogen and oxygen atoms in total. The number of thiazole rings is 1. The van der Waals surface area contributed by atoms with E-state index in [4.69, 9.17) is 5.11 Å². The molecule has 0 spiro atoms. The molecule has 1 aromatic heterocycles. The molecule has 0 unspecified atom stereocenters. The van der Waals surface area contributed by atoms with Gasteiger partial charge in [0, 0.05) is 29.5 Å². The molecule has 1 heterocycles. The van der Waals surface area contributed by atoms with Crippen LogP contribution in [0.5, 0.6) is 0 Å². The van der Waals surface area contributed by atoms with Crippen LogP contribution in [0.2, 0.25) is 0 Å². The Morgan fingerprint density at radius 3 is 2.62 bits per heavy atom. The van der Waals surface area contributed by atoms with Crippen molar-refractivity contribution < 1.29 is 14.7 Å². The third kappa shape index (κ3) is 6.00. The lowest BCUT2D eigenvalue weighted by Crippen LogP contribution is -2.45. The summed E-state index contributed by atoms with van der Waals surface area (Å²) >= 11 is 1.42. The molecule has 2 aromatic rings. The minimum Gasteiger partial charge on any atom is -0.481 e. The van der Waals surface area contributed by atoms with Crippen LogP contribution >= 0.6 is 11.3 Å². The summed E-state index contributed by atoms with van der Waals surface area (Å²) in [5.41, 5.74) is 0.582. The van der Waals surface area contributed by atoms with Gasteiger partial charge in [0.05, 0.1) is 0 Å². The minimum atomic E-state index is -0.879. The highest BCUT2D eigenvalue weighted by Crippen LogP contribution is 2.21. The minimum absolute atomic E-state index is 0.00571. The largest absolute Gasteiger partial charge is 0.481 e. The Hall–Kier alpha value is -2.41. The molecule has 0 aliphatic heterocycles. The first-order valence-corrected chi connectivity index (χ1v) is 8.45. The number of carbonyl (C=O) groups excluding carboxylic acids is 1. The number of aliphatic carboxylic acids is 1. The Labute approximate surface area is 144 Å². The number of hydrogen-bond acceptors (Lipinski definition) is 4. The Morgan fingerprint density at radius 1 is 1.25 bits per heavy atom. The van der Waals surface area contributed by atoms with Gasteiger partial charge in [-0.05, 0) is 25.8 Å². The summed E-state index contributed by atoms with van der Waals surface area (Å²) in [6.07, 6.45) is 2.88. The number of nitrogens with zero attached hydrogens (tertiary/aromatic N) is 1. The van der Waals surface area contributed by atoms with Gasteiger partial charge in [0.15, 0.2) is 5.13 Å². The number of urea groups is 1. The monoisotopic (exact) mass is 347 g/mol. The van der Waals surface area contributed by atoms with E-state index in [9.17, 15) is 9.59 Å². The van der Waals surface area contributed by atoms with Gasteiger partial charge in [-0.2, -0.15) is 0 Å². The smallest absolute Gasteiger partial charge is 0.321 e. The third-order valence-electron chi connectivity index (χ3n) is 3.41. The molecular weight excluding hydrogens is 326 g/mol. The predicted molar refractivity (Wildman–Crippen MR) is 94.5 cm³/mol. The van der Waals surface area contributed by atoms with Gasteiger partial charge in [-0.1, -0.05) is 30.3 Å². The summed E-state index contributed by atoms with van der Waals surface area (Å²) in [5.74, 6) is -0.879. The third-order valence-corrected chi connectivity index (χ3v) is 4.32. The second-order valence-electron chi connectivity index (χ2n) is 6.15. The number of carbonyl (C=O) groups is 2. The zero-order valence-corrected chi connectivity index (χ0v) is 14.5. The number of anilines is 1. The molecule has 1 aromatic carbocycles. The highest BCUT2D eigenvalue weighted by molar-refractivity contribution is 7.15. The molecule has 0 atom stereocenters. The van der Waals surface area contributed by atoms with E-state index in [1.807, 2.05) is 30.3 Å². The van der Waals surface area contributed by atoms with Crippen molar-refractivity contribution in [2.24, 2.45) is 0 Å². The summed E-state index contributed by atoms with van der Waals surface area (Å²) in [4.78, 5) is 27.9. The van der Waals surface area contributed by atoms with Gasteiger partial charge < -0.3 is 10.4 Å². The first-order chi connectivity index (χ1) is 11.3. The zero-order valence-electron chi connectivity index (χ0n) is 13.7. The van der Waals surface area contributed by atoms with Crippen LogP contribution in [0.25, 0.3) is 0 Å². The quantitative estimate of drug-likeness (QED) is 0.715. The van der Waals surface area contributed by atoms with Crippen LogP contribution in [0, 0.1) is 0 Å². The number of amides is 2. The normalized spacial score (nSPS) is 11.1. The molecule has 2 amide bonds. The van der Waals surface area contributed by atoms with Gasteiger partial charge in [0.1, 0.15) is 0 Å². The van der Waals surface area contributed by atoms with Crippen LogP contribution in [-0.4, -0.2) is 27.6 Å². The van der Waals surface area contributed by atoms with Crippen molar-refractivity contribution in [3.63, 3.8) is 0 Å². The summed E-state index contributed by atoms with van der Waals surface area (Å²) in [6.45, 7) is 3.58. The Balaban J connectivity index is 1.87. The SMILES string of the molecule is CC(C)(CCC(=O)O)NC(=O)Nc1ncc(Cc2ccccc2)s1. The first kappa shape index (κ1) is 17.9. The average molecular weight is 347 g/mol. The Kier molecular flexibility index (Phi) is 5.92. The van der Waals surface area contributed by atoms with Crippen molar-refractivity contribution in [3.05, 3.63) is 47.0 Å². The van der Waals surface area contributed by atoms with Crippen LogP contribution in [0.4, 0.5) is 9.93 Å². The topological polar surface area (TPSA) is 91.3 Å². The molecule has 128 valence electrons. The number of benzene rings is 1. The Morgan fingerprint density at radius 2 is 1.96 bits per heavy atom. The van der Waals surface area contributed by atoms with E-state index in [-0.39, 0.29) is 12.5 Å². The second-order valence-corrected chi connectivity index (χ2v) is 7.27. The summed E-state index contributed by atoms with van der Waals surface area (Å²) < 4.78 is 0. The van der Waals surface area contributed by atoms with Crippen molar-refractivity contribution >= 4 is 28.5 Å². The highest BCUT2D eigenvalue weighted by Gasteiger charge is 2.22. The van der Waals surface area contributed by atoms with Gasteiger partial charge in [0.2, 0.25) is 0 Å². The van der Waals surface area contributed by atoms with Crippen molar-refractivity contribution in [2.45, 2.75) is 38.6 Å². The molecule has 7 heteroatoms. The number of carboxylic acids is 1. The van der Waals surface area contributed by atoms with Crippen molar-refractivity contribution in [1.29, 1.82) is 0 Å². The molecule has 0 aliphatic carbocycles. The molecule has 0 radical (unpaired) electrons. The number of nitrogens with one attached hydrogen (secondary N) is 2. The van der Waals surface area contributed by atoms with Crippen LogP contribution in [-0.2, 0) is 11.2 Å².